The highest BCUT2D eigenvalue weighted by Crippen LogP contribution is 2.25. The van der Waals surface area contributed by atoms with Crippen LogP contribution in [0.2, 0.25) is 0 Å². The maximum atomic E-state index is 12.5. The fourth-order valence-electron chi connectivity index (χ4n) is 2.93. The molecular weight excluding hydrogens is 304 g/mol. The molecule has 0 spiro atoms. The summed E-state index contributed by atoms with van der Waals surface area (Å²) in [6, 6.07) is 7.88. The van der Waals surface area contributed by atoms with E-state index in [-0.39, 0.29) is 23.1 Å². The molecule has 1 aromatic rings. The van der Waals surface area contributed by atoms with Crippen molar-refractivity contribution in [1.29, 1.82) is 0 Å². The SMILES string of the molecule is CC(Oc1ccc(C(C)(C)C)cc1)C(=O)N1CCC(C(N)=O)CC1. The third-order valence-corrected chi connectivity index (χ3v) is 4.59. The largest absolute Gasteiger partial charge is 0.481 e. The van der Waals surface area contributed by atoms with Gasteiger partial charge in [-0.1, -0.05) is 32.9 Å². The van der Waals surface area contributed by atoms with Gasteiger partial charge in [-0.15, -0.1) is 0 Å². The zero-order valence-electron chi connectivity index (χ0n) is 15.0. The van der Waals surface area contributed by atoms with Crippen LogP contribution >= 0.6 is 0 Å². The van der Waals surface area contributed by atoms with E-state index in [0.717, 1.165) is 0 Å². The molecule has 1 aliphatic heterocycles. The van der Waals surface area contributed by atoms with Gasteiger partial charge < -0.3 is 15.4 Å². The van der Waals surface area contributed by atoms with E-state index in [9.17, 15) is 9.59 Å². The van der Waals surface area contributed by atoms with E-state index in [4.69, 9.17) is 10.5 Å². The summed E-state index contributed by atoms with van der Waals surface area (Å²) in [5.41, 5.74) is 6.64. The van der Waals surface area contributed by atoms with Crippen molar-refractivity contribution < 1.29 is 14.3 Å². The molecule has 5 heteroatoms. The number of amides is 2. The van der Waals surface area contributed by atoms with Crippen molar-refractivity contribution in [3.8, 4) is 5.75 Å². The van der Waals surface area contributed by atoms with Crippen LogP contribution in [-0.2, 0) is 15.0 Å². The second-order valence-corrected chi connectivity index (χ2v) is 7.54. The molecule has 5 nitrogen and oxygen atoms in total. The second-order valence-electron chi connectivity index (χ2n) is 7.54. The summed E-state index contributed by atoms with van der Waals surface area (Å²) >= 11 is 0. The van der Waals surface area contributed by atoms with Gasteiger partial charge in [0, 0.05) is 19.0 Å². The Kier molecular flexibility index (Phi) is 5.52. The van der Waals surface area contributed by atoms with Crippen molar-refractivity contribution >= 4 is 11.8 Å². The van der Waals surface area contributed by atoms with Crippen molar-refractivity contribution in [2.75, 3.05) is 13.1 Å². The van der Waals surface area contributed by atoms with Crippen LogP contribution in [0.4, 0.5) is 0 Å². The first-order valence-corrected chi connectivity index (χ1v) is 8.54. The number of hydrogen-bond acceptors (Lipinski definition) is 3. The molecule has 0 aliphatic carbocycles. The van der Waals surface area contributed by atoms with Crippen molar-refractivity contribution in [1.82, 2.24) is 4.90 Å². The lowest BCUT2D eigenvalue weighted by Crippen LogP contribution is -2.46. The number of likely N-dealkylation sites (tertiary alicyclic amines) is 1. The normalized spacial score (nSPS) is 17.4. The van der Waals surface area contributed by atoms with Crippen LogP contribution in [0.15, 0.2) is 24.3 Å². The standard InChI is InChI=1S/C19H28N2O3/c1-13(18(23)21-11-9-14(10-12-21)17(20)22)24-16-7-5-15(6-8-16)19(2,3)4/h5-8,13-14H,9-12H2,1-4H3,(H2,20,22). The average Bonchev–Trinajstić information content (AvgIpc) is 2.54. The first-order valence-electron chi connectivity index (χ1n) is 8.54. The lowest BCUT2D eigenvalue weighted by Gasteiger charge is -2.32. The summed E-state index contributed by atoms with van der Waals surface area (Å²) in [6.45, 7) is 9.35. The molecule has 24 heavy (non-hydrogen) atoms. The monoisotopic (exact) mass is 332 g/mol. The van der Waals surface area contributed by atoms with Gasteiger partial charge in [0.15, 0.2) is 6.10 Å². The van der Waals surface area contributed by atoms with E-state index in [1.54, 1.807) is 11.8 Å². The highest BCUT2D eigenvalue weighted by Gasteiger charge is 2.29. The average molecular weight is 332 g/mol. The Hall–Kier alpha value is -2.04. The number of rotatable bonds is 4. The topological polar surface area (TPSA) is 72.6 Å². The van der Waals surface area contributed by atoms with Crippen molar-refractivity contribution in [2.24, 2.45) is 11.7 Å². The number of hydrogen-bond donors (Lipinski definition) is 1. The van der Waals surface area contributed by atoms with Crippen LogP contribution < -0.4 is 10.5 Å². The highest BCUT2D eigenvalue weighted by molar-refractivity contribution is 5.82. The minimum absolute atomic E-state index is 0.0437. The van der Waals surface area contributed by atoms with E-state index in [1.807, 2.05) is 24.3 Å². The number of piperidine rings is 1. The van der Waals surface area contributed by atoms with Crippen LogP contribution in [-0.4, -0.2) is 35.9 Å². The van der Waals surface area contributed by atoms with Gasteiger partial charge in [-0.3, -0.25) is 9.59 Å². The lowest BCUT2D eigenvalue weighted by molar-refractivity contribution is -0.140. The van der Waals surface area contributed by atoms with Gasteiger partial charge in [-0.05, 0) is 42.9 Å². The van der Waals surface area contributed by atoms with Crippen LogP contribution in [0.1, 0.15) is 46.1 Å². The van der Waals surface area contributed by atoms with E-state index in [1.165, 1.54) is 5.56 Å². The lowest BCUT2D eigenvalue weighted by atomic mass is 9.87. The van der Waals surface area contributed by atoms with Gasteiger partial charge in [0.25, 0.3) is 5.91 Å². The molecule has 0 bridgehead atoms. The van der Waals surface area contributed by atoms with Gasteiger partial charge in [0.05, 0.1) is 0 Å². The molecule has 0 aromatic heterocycles. The van der Waals surface area contributed by atoms with E-state index < -0.39 is 6.10 Å². The van der Waals surface area contributed by atoms with Crippen LogP contribution in [0, 0.1) is 5.92 Å². The molecule has 1 unspecified atom stereocenters. The van der Waals surface area contributed by atoms with Crippen LogP contribution in [0.3, 0.4) is 0 Å². The highest BCUT2D eigenvalue weighted by atomic mass is 16.5. The second kappa shape index (κ2) is 7.24. The molecule has 2 N–H and O–H groups in total. The van der Waals surface area contributed by atoms with E-state index in [0.29, 0.717) is 31.7 Å². The van der Waals surface area contributed by atoms with Gasteiger partial charge in [0.1, 0.15) is 5.75 Å². The summed E-state index contributed by atoms with van der Waals surface area (Å²) in [7, 11) is 0. The van der Waals surface area contributed by atoms with Crippen molar-refractivity contribution in [2.45, 2.75) is 52.1 Å². The Labute approximate surface area is 144 Å². The Morgan fingerprint density at radius 3 is 2.17 bits per heavy atom. The zero-order valence-corrected chi connectivity index (χ0v) is 15.0. The minimum Gasteiger partial charge on any atom is -0.481 e. The van der Waals surface area contributed by atoms with Gasteiger partial charge in [-0.25, -0.2) is 0 Å². The smallest absolute Gasteiger partial charge is 0.263 e. The predicted octanol–water partition coefficient (Wildman–Crippen LogP) is 2.48. The Balaban J connectivity index is 1.91. The molecule has 2 rings (SSSR count). The molecular formula is C19H28N2O3. The van der Waals surface area contributed by atoms with Gasteiger partial charge in [0.2, 0.25) is 5.91 Å². The number of primary amides is 1. The number of carbonyl (C=O) groups excluding carboxylic acids is 2. The molecule has 1 fully saturated rings. The Bertz CT molecular complexity index is 582. The summed E-state index contributed by atoms with van der Waals surface area (Å²) in [5, 5.41) is 0. The minimum atomic E-state index is -0.546. The number of nitrogens with zero attached hydrogens (tertiary/aromatic N) is 1. The van der Waals surface area contributed by atoms with E-state index >= 15 is 0 Å². The first kappa shape index (κ1) is 18.3. The quantitative estimate of drug-likeness (QED) is 0.920. The van der Waals surface area contributed by atoms with Gasteiger partial charge >= 0.3 is 0 Å². The summed E-state index contributed by atoms with van der Waals surface area (Å²) in [5.74, 6) is 0.259. The summed E-state index contributed by atoms with van der Waals surface area (Å²) in [4.78, 5) is 25.4. The number of nitrogens with two attached hydrogens (primary N) is 1. The van der Waals surface area contributed by atoms with Crippen molar-refractivity contribution in [3.05, 3.63) is 29.8 Å². The number of ether oxygens (including phenoxy) is 1. The van der Waals surface area contributed by atoms with Crippen LogP contribution in [0.25, 0.3) is 0 Å². The molecule has 1 aliphatic rings. The molecule has 1 saturated heterocycles. The Morgan fingerprint density at radius 2 is 1.71 bits per heavy atom. The first-order chi connectivity index (χ1) is 11.2. The number of benzene rings is 1. The molecule has 1 atom stereocenters. The molecule has 0 radical (unpaired) electrons. The molecule has 132 valence electrons. The molecule has 1 aromatic carbocycles. The maximum Gasteiger partial charge on any atom is 0.263 e. The fraction of sp³-hybridized carbons (Fsp3) is 0.579. The zero-order chi connectivity index (χ0) is 17.9. The summed E-state index contributed by atoms with van der Waals surface area (Å²) in [6.07, 6.45) is 0.720. The maximum absolute atomic E-state index is 12.5. The van der Waals surface area contributed by atoms with Crippen LogP contribution in [0.5, 0.6) is 5.75 Å². The van der Waals surface area contributed by atoms with E-state index in [2.05, 4.69) is 20.8 Å². The summed E-state index contributed by atoms with van der Waals surface area (Å²) < 4.78 is 5.79. The van der Waals surface area contributed by atoms with Gasteiger partial charge in [-0.2, -0.15) is 0 Å². The number of carbonyl (C=O) groups is 2. The van der Waals surface area contributed by atoms with Crippen molar-refractivity contribution in [3.63, 3.8) is 0 Å². The predicted molar refractivity (Wildman–Crippen MR) is 93.7 cm³/mol. The third kappa shape index (κ3) is 4.49. The molecule has 1 heterocycles. The molecule has 2 amide bonds. The Morgan fingerprint density at radius 1 is 1.17 bits per heavy atom. The fourth-order valence-corrected chi connectivity index (χ4v) is 2.93. The third-order valence-electron chi connectivity index (χ3n) is 4.59. The molecule has 0 saturated carbocycles.